The number of carbonyl (C=O) groups is 1. The molecule has 136 valence electrons. The van der Waals surface area contributed by atoms with Crippen LogP contribution in [0.2, 0.25) is 0 Å². The molecule has 0 atom stereocenters. The molecule has 0 unspecified atom stereocenters. The molecule has 3 heterocycles. The Hall–Kier alpha value is -3.03. The van der Waals surface area contributed by atoms with Gasteiger partial charge in [-0.05, 0) is 31.4 Å². The van der Waals surface area contributed by atoms with Crippen LogP contribution in [0, 0.1) is 6.92 Å². The van der Waals surface area contributed by atoms with Crippen LogP contribution in [0.25, 0.3) is 0 Å². The minimum absolute atomic E-state index is 0.146. The molecular weight excluding hydrogens is 336 g/mol. The molecule has 1 aromatic carbocycles. The summed E-state index contributed by atoms with van der Waals surface area (Å²) in [4.78, 5) is 26.7. The smallest absolute Gasteiger partial charge is 0.269 e. The molecule has 1 fully saturated rings. The maximum Gasteiger partial charge on any atom is 0.269 e. The van der Waals surface area contributed by atoms with E-state index in [0.717, 1.165) is 41.9 Å². The summed E-state index contributed by atoms with van der Waals surface area (Å²) in [5.74, 6) is 0.933. The van der Waals surface area contributed by atoms with Gasteiger partial charge in [0.25, 0.3) is 5.56 Å². The molecule has 8 heteroatoms. The lowest BCUT2D eigenvalue weighted by Crippen LogP contribution is -2.30. The summed E-state index contributed by atoms with van der Waals surface area (Å²) in [6.45, 7) is 3.78. The van der Waals surface area contributed by atoms with Gasteiger partial charge in [-0.15, -0.1) is 0 Å². The molecule has 0 saturated carbocycles. The fourth-order valence-electron chi connectivity index (χ4n) is 3.20. The molecular formula is C18H20N4O4. The van der Waals surface area contributed by atoms with Crippen molar-refractivity contribution in [2.75, 3.05) is 30.1 Å². The highest BCUT2D eigenvalue weighted by atomic mass is 16.7. The monoisotopic (exact) mass is 356 g/mol. The molecule has 2 aromatic rings. The van der Waals surface area contributed by atoms with Crippen LogP contribution in [-0.4, -0.2) is 35.6 Å². The van der Waals surface area contributed by atoms with Crippen LogP contribution in [0.4, 0.5) is 11.4 Å². The molecule has 4 rings (SSSR count). The van der Waals surface area contributed by atoms with Crippen molar-refractivity contribution in [2.24, 2.45) is 0 Å². The van der Waals surface area contributed by atoms with E-state index in [1.807, 2.05) is 13.0 Å². The van der Waals surface area contributed by atoms with Crippen molar-refractivity contribution in [1.82, 2.24) is 9.78 Å². The number of carbonyl (C=O) groups excluding carboxylic acids is 1. The quantitative estimate of drug-likeness (QED) is 0.894. The normalized spacial score (nSPS) is 15.3. The summed E-state index contributed by atoms with van der Waals surface area (Å²) in [6, 6.07) is 5.08. The van der Waals surface area contributed by atoms with Gasteiger partial charge in [-0.3, -0.25) is 9.59 Å². The van der Waals surface area contributed by atoms with Crippen molar-refractivity contribution >= 4 is 17.3 Å². The zero-order chi connectivity index (χ0) is 18.1. The molecule has 0 spiro atoms. The average Bonchev–Trinajstić information content (AvgIpc) is 3.28. The van der Waals surface area contributed by atoms with Crippen molar-refractivity contribution in [3.05, 3.63) is 40.3 Å². The Morgan fingerprint density at radius 3 is 2.65 bits per heavy atom. The Morgan fingerprint density at radius 1 is 1.19 bits per heavy atom. The fraction of sp³-hybridized carbons (Fsp3) is 0.389. The van der Waals surface area contributed by atoms with Crippen molar-refractivity contribution < 1.29 is 14.3 Å². The molecule has 1 aromatic heterocycles. The summed E-state index contributed by atoms with van der Waals surface area (Å²) in [5, 5.41) is 6.94. The molecule has 8 nitrogen and oxygen atoms in total. The number of nitrogens with one attached hydrogen (secondary N) is 1. The number of nitrogens with zero attached hydrogens (tertiary/aromatic N) is 3. The van der Waals surface area contributed by atoms with Crippen LogP contribution in [0.15, 0.2) is 29.2 Å². The number of rotatable bonds is 4. The van der Waals surface area contributed by atoms with Gasteiger partial charge in [0.15, 0.2) is 11.5 Å². The first-order valence-corrected chi connectivity index (χ1v) is 8.62. The van der Waals surface area contributed by atoms with Gasteiger partial charge in [0.05, 0.1) is 11.9 Å². The topological polar surface area (TPSA) is 85.7 Å². The van der Waals surface area contributed by atoms with Gasteiger partial charge in [-0.1, -0.05) is 0 Å². The Labute approximate surface area is 150 Å². The second-order valence-electron chi connectivity index (χ2n) is 6.47. The standard InChI is InChI=1S/C18H20N4O4/c1-12-6-15-16(26-11-25-15)8-14(12)20-17(23)10-22-18(24)7-13(9-19-22)21-4-2-3-5-21/h6-9H,2-5,10-11H2,1H3,(H,20,23). The van der Waals surface area contributed by atoms with Crippen LogP contribution in [-0.2, 0) is 11.3 Å². The number of aromatic nitrogens is 2. The lowest BCUT2D eigenvalue weighted by Gasteiger charge is -2.17. The SMILES string of the molecule is Cc1cc2c(cc1NC(=O)Cn1ncc(N3CCCC3)cc1=O)OCO2. The summed E-state index contributed by atoms with van der Waals surface area (Å²) in [7, 11) is 0. The number of aryl methyl sites for hydroxylation is 1. The van der Waals surface area contributed by atoms with Crippen LogP contribution in [0.3, 0.4) is 0 Å². The van der Waals surface area contributed by atoms with Gasteiger partial charge in [-0.2, -0.15) is 5.10 Å². The molecule has 1 saturated heterocycles. The van der Waals surface area contributed by atoms with Crippen molar-refractivity contribution in [3.8, 4) is 11.5 Å². The highest BCUT2D eigenvalue weighted by Crippen LogP contribution is 2.36. The van der Waals surface area contributed by atoms with E-state index in [-0.39, 0.29) is 24.8 Å². The average molecular weight is 356 g/mol. The fourth-order valence-corrected chi connectivity index (χ4v) is 3.20. The Kier molecular flexibility index (Phi) is 4.24. The third kappa shape index (κ3) is 3.22. The van der Waals surface area contributed by atoms with E-state index in [4.69, 9.17) is 9.47 Å². The van der Waals surface area contributed by atoms with E-state index < -0.39 is 0 Å². The molecule has 1 N–H and O–H groups in total. The van der Waals surface area contributed by atoms with Gasteiger partial charge in [0, 0.05) is 30.9 Å². The number of hydrogen-bond donors (Lipinski definition) is 1. The number of benzene rings is 1. The molecule has 26 heavy (non-hydrogen) atoms. The summed E-state index contributed by atoms with van der Waals surface area (Å²) in [5.41, 5.74) is 2.01. The first-order chi connectivity index (χ1) is 12.6. The van der Waals surface area contributed by atoms with Crippen molar-refractivity contribution in [2.45, 2.75) is 26.3 Å². The highest BCUT2D eigenvalue weighted by molar-refractivity contribution is 5.91. The van der Waals surface area contributed by atoms with Gasteiger partial charge >= 0.3 is 0 Å². The second kappa shape index (κ2) is 6.70. The third-order valence-corrected chi connectivity index (χ3v) is 4.61. The van der Waals surface area contributed by atoms with Gasteiger partial charge in [0.2, 0.25) is 12.7 Å². The second-order valence-corrected chi connectivity index (χ2v) is 6.47. The Balaban J connectivity index is 1.46. The number of fused-ring (bicyclic) bond motifs is 1. The Morgan fingerprint density at radius 2 is 1.92 bits per heavy atom. The minimum Gasteiger partial charge on any atom is -0.454 e. The molecule has 0 bridgehead atoms. The van der Waals surface area contributed by atoms with Crippen molar-refractivity contribution in [1.29, 1.82) is 0 Å². The predicted octanol–water partition coefficient (Wildman–Crippen LogP) is 1.52. The van der Waals surface area contributed by atoms with E-state index in [1.54, 1.807) is 12.3 Å². The molecule has 2 aliphatic heterocycles. The van der Waals surface area contributed by atoms with E-state index in [2.05, 4.69) is 15.3 Å². The summed E-state index contributed by atoms with van der Waals surface area (Å²) < 4.78 is 11.8. The van der Waals surface area contributed by atoms with Crippen molar-refractivity contribution in [3.63, 3.8) is 0 Å². The number of ether oxygens (including phenoxy) is 2. The lowest BCUT2D eigenvalue weighted by molar-refractivity contribution is -0.117. The van der Waals surface area contributed by atoms with E-state index in [0.29, 0.717) is 17.2 Å². The zero-order valence-corrected chi connectivity index (χ0v) is 14.5. The van der Waals surface area contributed by atoms with E-state index in [9.17, 15) is 9.59 Å². The number of hydrogen-bond acceptors (Lipinski definition) is 6. The maximum atomic E-state index is 12.3. The maximum absolute atomic E-state index is 12.3. The first-order valence-electron chi connectivity index (χ1n) is 8.62. The van der Waals surface area contributed by atoms with Gasteiger partial charge < -0.3 is 19.7 Å². The van der Waals surface area contributed by atoms with Crippen LogP contribution >= 0.6 is 0 Å². The summed E-state index contributed by atoms with van der Waals surface area (Å²) >= 11 is 0. The third-order valence-electron chi connectivity index (χ3n) is 4.61. The van der Waals surface area contributed by atoms with E-state index in [1.165, 1.54) is 6.07 Å². The summed E-state index contributed by atoms with van der Waals surface area (Å²) in [6.07, 6.45) is 3.90. The van der Waals surface area contributed by atoms with Crippen LogP contribution in [0.1, 0.15) is 18.4 Å². The Bertz CT molecular complexity index is 903. The van der Waals surface area contributed by atoms with E-state index >= 15 is 0 Å². The molecule has 2 aliphatic rings. The van der Waals surface area contributed by atoms with Gasteiger partial charge in [-0.25, -0.2) is 4.68 Å². The first kappa shape index (κ1) is 16.4. The zero-order valence-electron chi connectivity index (χ0n) is 14.5. The predicted molar refractivity (Wildman–Crippen MR) is 95.9 cm³/mol. The molecule has 0 aliphatic carbocycles. The van der Waals surface area contributed by atoms with Gasteiger partial charge in [0.1, 0.15) is 6.54 Å². The largest absolute Gasteiger partial charge is 0.454 e. The van der Waals surface area contributed by atoms with Crippen LogP contribution in [0.5, 0.6) is 11.5 Å². The molecule has 0 radical (unpaired) electrons. The van der Waals surface area contributed by atoms with Crippen LogP contribution < -0.4 is 25.2 Å². The lowest BCUT2D eigenvalue weighted by atomic mass is 10.1. The number of amides is 1. The highest BCUT2D eigenvalue weighted by Gasteiger charge is 2.18. The minimum atomic E-state index is -0.324. The molecule has 1 amide bonds. The number of anilines is 2.